The number of para-hydroxylation sites is 1. The predicted octanol–water partition coefficient (Wildman–Crippen LogP) is 3.99. The summed E-state index contributed by atoms with van der Waals surface area (Å²) in [6, 6.07) is 13.9. The fraction of sp³-hybridized carbons (Fsp3) is 0.280. The zero-order valence-corrected chi connectivity index (χ0v) is 17.9. The molecule has 3 fully saturated rings. The van der Waals surface area contributed by atoms with Crippen LogP contribution in [0.3, 0.4) is 0 Å². The fourth-order valence-corrected chi connectivity index (χ4v) is 6.71. The number of amides is 2. The fourth-order valence-electron chi connectivity index (χ4n) is 5.97. The summed E-state index contributed by atoms with van der Waals surface area (Å²) < 4.78 is 1.81. The Bertz CT molecular complexity index is 1260. The molecular weight excluding hydrogens is 420 g/mol. The molecule has 1 saturated heterocycles. The quantitative estimate of drug-likeness (QED) is 0.350. The number of nitrogens with zero attached hydrogens (tertiary/aromatic N) is 4. The first-order valence-corrected chi connectivity index (χ1v) is 11.9. The molecule has 2 bridgehead atoms. The molecule has 5 aliphatic rings. The van der Waals surface area contributed by atoms with E-state index in [4.69, 9.17) is 5.10 Å². The molecule has 6 nitrogen and oxygen atoms in total. The Morgan fingerprint density at radius 2 is 1.69 bits per heavy atom. The lowest BCUT2D eigenvalue weighted by Gasteiger charge is -2.37. The number of aromatic nitrogens is 2. The van der Waals surface area contributed by atoms with Crippen molar-refractivity contribution in [1.29, 1.82) is 0 Å². The minimum absolute atomic E-state index is 0.144. The number of hydrazone groups is 1. The van der Waals surface area contributed by atoms with Crippen LogP contribution in [0.5, 0.6) is 0 Å². The molecule has 3 heterocycles. The largest absolute Gasteiger partial charge is 0.272 e. The normalized spacial score (nSPS) is 32.1. The molecule has 1 aliphatic heterocycles. The van der Waals surface area contributed by atoms with Crippen LogP contribution in [0.15, 0.2) is 71.3 Å². The minimum atomic E-state index is -0.234. The Labute approximate surface area is 188 Å². The molecule has 32 heavy (non-hydrogen) atoms. The van der Waals surface area contributed by atoms with Crippen LogP contribution in [0.2, 0.25) is 0 Å². The highest BCUT2D eigenvalue weighted by Crippen LogP contribution is 2.65. The lowest BCUT2D eigenvalue weighted by atomic mass is 9.63. The van der Waals surface area contributed by atoms with Gasteiger partial charge in [0.25, 0.3) is 11.8 Å². The summed E-state index contributed by atoms with van der Waals surface area (Å²) in [6.45, 7) is 0. The summed E-state index contributed by atoms with van der Waals surface area (Å²) in [5.74, 6) is 0.818. The Balaban J connectivity index is 1.24. The topological polar surface area (TPSA) is 67.6 Å². The highest BCUT2D eigenvalue weighted by Gasteiger charge is 2.67. The van der Waals surface area contributed by atoms with E-state index in [0.29, 0.717) is 11.8 Å². The first-order valence-electron chi connectivity index (χ1n) is 11.0. The Morgan fingerprint density at radius 1 is 0.969 bits per heavy atom. The molecular formula is C25H20N4O2S. The third-order valence-electron chi connectivity index (χ3n) is 7.47. The number of carbonyl (C=O) groups excluding carboxylic acids is 2. The highest BCUT2D eigenvalue weighted by atomic mass is 32.1. The zero-order chi connectivity index (χ0) is 21.4. The first kappa shape index (κ1) is 18.3. The van der Waals surface area contributed by atoms with Gasteiger partial charge in [0.1, 0.15) is 5.69 Å². The molecule has 0 spiro atoms. The zero-order valence-electron chi connectivity index (χ0n) is 17.1. The van der Waals surface area contributed by atoms with E-state index in [1.165, 1.54) is 0 Å². The molecule has 2 aromatic heterocycles. The van der Waals surface area contributed by atoms with Crippen molar-refractivity contribution in [3.63, 3.8) is 0 Å². The number of thiophene rings is 1. The second-order valence-electron chi connectivity index (χ2n) is 9.08. The number of imide groups is 1. The summed E-state index contributed by atoms with van der Waals surface area (Å²) in [5, 5.41) is 12.3. The van der Waals surface area contributed by atoms with Gasteiger partial charge in [-0.2, -0.15) is 15.2 Å². The molecule has 0 unspecified atom stereocenters. The second-order valence-corrected chi connectivity index (χ2v) is 10.0. The van der Waals surface area contributed by atoms with Gasteiger partial charge in [-0.05, 0) is 53.7 Å². The molecule has 2 amide bonds. The molecule has 6 atom stereocenters. The summed E-state index contributed by atoms with van der Waals surface area (Å²) in [5.41, 5.74) is 2.49. The van der Waals surface area contributed by atoms with Gasteiger partial charge in [0.15, 0.2) is 0 Å². The van der Waals surface area contributed by atoms with Crippen LogP contribution in [0.1, 0.15) is 12.0 Å². The van der Waals surface area contributed by atoms with Crippen LogP contribution in [0.4, 0.5) is 0 Å². The van der Waals surface area contributed by atoms with E-state index in [1.807, 2.05) is 58.7 Å². The SMILES string of the molecule is O=C1[C@@H]2[C@H]3C=C[C@@H]([C@@H]4C[C@H]34)[C@@H]2C(=O)N1/N=C\c1cn(-c2ccccc2)nc1-c1cccs1. The number of rotatable bonds is 4. The van der Waals surface area contributed by atoms with Crippen molar-refractivity contribution in [2.24, 2.45) is 40.6 Å². The Hall–Kier alpha value is -3.32. The van der Waals surface area contributed by atoms with E-state index in [9.17, 15) is 9.59 Å². The number of benzene rings is 1. The molecule has 8 rings (SSSR count). The van der Waals surface area contributed by atoms with Gasteiger partial charge in [0.2, 0.25) is 0 Å². The van der Waals surface area contributed by atoms with Crippen molar-refractivity contribution >= 4 is 29.4 Å². The maximum atomic E-state index is 13.2. The van der Waals surface area contributed by atoms with E-state index < -0.39 is 0 Å². The van der Waals surface area contributed by atoms with Crippen molar-refractivity contribution in [2.75, 3.05) is 0 Å². The summed E-state index contributed by atoms with van der Waals surface area (Å²) >= 11 is 1.59. The summed E-state index contributed by atoms with van der Waals surface area (Å²) in [7, 11) is 0. The van der Waals surface area contributed by atoms with Crippen LogP contribution in [0.25, 0.3) is 16.3 Å². The van der Waals surface area contributed by atoms with Gasteiger partial charge in [-0.1, -0.05) is 36.4 Å². The van der Waals surface area contributed by atoms with Crippen LogP contribution >= 0.6 is 11.3 Å². The third-order valence-corrected chi connectivity index (χ3v) is 8.35. The van der Waals surface area contributed by atoms with E-state index in [0.717, 1.165) is 33.3 Å². The Kier molecular flexibility index (Phi) is 3.76. The summed E-state index contributed by atoms with van der Waals surface area (Å²) in [6.07, 6.45) is 9.02. The molecule has 7 heteroatoms. The highest BCUT2D eigenvalue weighted by molar-refractivity contribution is 7.13. The molecule has 3 aromatic rings. The number of hydrogen-bond acceptors (Lipinski definition) is 5. The maximum absolute atomic E-state index is 13.2. The van der Waals surface area contributed by atoms with Crippen molar-refractivity contribution in [3.05, 3.63) is 71.8 Å². The number of carbonyl (C=O) groups is 2. The molecule has 4 aliphatic carbocycles. The minimum Gasteiger partial charge on any atom is -0.272 e. The lowest BCUT2D eigenvalue weighted by Crippen LogP contribution is -2.40. The van der Waals surface area contributed by atoms with Crippen LogP contribution in [-0.2, 0) is 9.59 Å². The van der Waals surface area contributed by atoms with Crippen LogP contribution in [0, 0.1) is 35.5 Å². The lowest BCUT2D eigenvalue weighted by molar-refractivity contribution is -0.140. The molecule has 0 N–H and O–H groups in total. The van der Waals surface area contributed by atoms with Gasteiger partial charge in [0, 0.05) is 11.8 Å². The molecule has 1 aromatic carbocycles. The first-order chi connectivity index (χ1) is 15.7. The van der Waals surface area contributed by atoms with Gasteiger partial charge in [-0.25, -0.2) is 4.68 Å². The summed E-state index contributed by atoms with van der Waals surface area (Å²) in [4.78, 5) is 27.4. The third kappa shape index (κ3) is 2.51. The van der Waals surface area contributed by atoms with Gasteiger partial charge in [0.05, 0.1) is 28.6 Å². The van der Waals surface area contributed by atoms with Gasteiger partial charge in [-0.15, -0.1) is 11.3 Å². The van der Waals surface area contributed by atoms with Gasteiger partial charge >= 0.3 is 0 Å². The van der Waals surface area contributed by atoms with E-state index in [1.54, 1.807) is 17.6 Å². The van der Waals surface area contributed by atoms with Crippen molar-refractivity contribution < 1.29 is 9.59 Å². The van der Waals surface area contributed by atoms with Crippen LogP contribution in [-0.4, -0.2) is 32.8 Å². The molecule has 2 saturated carbocycles. The van der Waals surface area contributed by atoms with Crippen LogP contribution < -0.4 is 0 Å². The standard InChI is InChI=1S/C25H20N4O2S/c30-24-21-16-8-9-17(19-11-18(16)19)22(21)25(31)29(24)26-12-14-13-28(15-5-2-1-3-6-15)27-23(14)20-7-4-10-32-20/h1-10,12-13,16-19,21-22H,11H2/b26-12-/t16-,17-,18-,19+,21-,22+/m0/s1. The Morgan fingerprint density at radius 3 is 2.34 bits per heavy atom. The molecule has 158 valence electrons. The van der Waals surface area contributed by atoms with Crippen molar-refractivity contribution in [3.8, 4) is 16.3 Å². The average Bonchev–Trinajstić information content (AvgIpc) is 3.16. The van der Waals surface area contributed by atoms with Crippen molar-refractivity contribution in [2.45, 2.75) is 6.42 Å². The molecule has 0 radical (unpaired) electrons. The number of hydrogen-bond donors (Lipinski definition) is 0. The van der Waals surface area contributed by atoms with Gasteiger partial charge in [-0.3, -0.25) is 9.59 Å². The maximum Gasteiger partial charge on any atom is 0.254 e. The van der Waals surface area contributed by atoms with E-state index in [2.05, 4.69) is 17.3 Å². The predicted molar refractivity (Wildman–Crippen MR) is 121 cm³/mol. The number of allylic oxidation sites excluding steroid dienone is 2. The average molecular weight is 441 g/mol. The smallest absolute Gasteiger partial charge is 0.254 e. The monoisotopic (exact) mass is 440 g/mol. The van der Waals surface area contributed by atoms with E-state index in [-0.39, 0.29) is 35.5 Å². The van der Waals surface area contributed by atoms with Crippen molar-refractivity contribution in [1.82, 2.24) is 14.8 Å². The van der Waals surface area contributed by atoms with Gasteiger partial charge < -0.3 is 0 Å². The second kappa shape index (κ2) is 6.59. The van der Waals surface area contributed by atoms with E-state index >= 15 is 0 Å².